The molecule has 26 heavy (non-hydrogen) atoms. The lowest BCUT2D eigenvalue weighted by atomic mass is 9.96. The van der Waals surface area contributed by atoms with Crippen LogP contribution in [-0.4, -0.2) is 7.11 Å². The lowest BCUT2D eigenvalue weighted by Gasteiger charge is -2.20. The highest BCUT2D eigenvalue weighted by molar-refractivity contribution is 6.12. The Labute approximate surface area is 148 Å². The Bertz CT molecular complexity index is 1230. The van der Waals surface area contributed by atoms with Gasteiger partial charge >= 0.3 is 0 Å². The van der Waals surface area contributed by atoms with E-state index in [-0.39, 0.29) is 11.6 Å². The van der Waals surface area contributed by atoms with Gasteiger partial charge in [-0.3, -0.25) is 0 Å². The maximum atomic E-state index is 15.1. The number of methoxy groups -OCH3 is 1. The molecule has 0 saturated carbocycles. The Kier molecular flexibility index (Phi) is 2.98. The van der Waals surface area contributed by atoms with E-state index < -0.39 is 5.82 Å². The fourth-order valence-electron chi connectivity index (χ4n) is 3.82. The van der Waals surface area contributed by atoms with E-state index in [4.69, 9.17) is 9.47 Å². The van der Waals surface area contributed by atoms with Gasteiger partial charge in [0.05, 0.1) is 23.4 Å². The first kappa shape index (κ1) is 15.1. The molecule has 5 rings (SSSR count). The van der Waals surface area contributed by atoms with Gasteiger partial charge in [-0.25, -0.2) is 4.39 Å². The summed E-state index contributed by atoms with van der Waals surface area (Å²) in [6, 6.07) is 13.5. The van der Waals surface area contributed by atoms with Crippen LogP contribution < -0.4 is 14.0 Å². The van der Waals surface area contributed by atoms with Crippen LogP contribution in [0.5, 0.6) is 17.2 Å². The van der Waals surface area contributed by atoms with Crippen LogP contribution in [0.3, 0.4) is 0 Å². The third-order valence-corrected chi connectivity index (χ3v) is 4.94. The molecule has 1 aliphatic heterocycles. The maximum Gasteiger partial charge on any atom is 0.253 e. The summed E-state index contributed by atoms with van der Waals surface area (Å²) in [5.74, 6) is 0.573. The van der Waals surface area contributed by atoms with Crippen molar-refractivity contribution in [3.8, 4) is 28.5 Å². The van der Waals surface area contributed by atoms with Crippen LogP contribution in [0, 0.1) is 11.6 Å². The second kappa shape index (κ2) is 5.14. The van der Waals surface area contributed by atoms with Gasteiger partial charge in [-0.2, -0.15) is 8.96 Å². The van der Waals surface area contributed by atoms with Crippen LogP contribution in [0.1, 0.15) is 0 Å². The van der Waals surface area contributed by atoms with Gasteiger partial charge in [0.1, 0.15) is 24.4 Å². The maximum absolute atomic E-state index is 15.1. The fourth-order valence-corrected chi connectivity index (χ4v) is 3.82. The van der Waals surface area contributed by atoms with Gasteiger partial charge in [-0.1, -0.05) is 12.1 Å². The average Bonchev–Trinajstić information content (AvgIpc) is 2.64. The summed E-state index contributed by atoms with van der Waals surface area (Å²) in [5, 5.41) is 2.43. The summed E-state index contributed by atoms with van der Waals surface area (Å²) in [6.45, 7) is 0. The highest BCUT2D eigenvalue weighted by atomic mass is 19.1. The number of nitrogens with zero attached hydrogens (tertiary/aromatic N) is 1. The molecule has 2 heterocycles. The molecular weight excluding hydrogens is 336 g/mol. The normalized spacial score (nSPS) is 12.2. The second-order valence-corrected chi connectivity index (χ2v) is 6.31. The molecule has 0 unspecified atom stereocenters. The Morgan fingerprint density at radius 2 is 1.81 bits per heavy atom. The molecule has 1 aliphatic rings. The molecule has 4 aromatic rings. The molecule has 0 bridgehead atoms. The summed E-state index contributed by atoms with van der Waals surface area (Å²) in [4.78, 5) is 0. The number of ether oxygens (including phenoxy) is 2. The molecule has 1 aromatic heterocycles. The third kappa shape index (κ3) is 1.83. The standard InChI is InChI=1S/C21H14F2NO2/c1-24-20-14-10-11(22)6-8-15(14)26-16-5-3-4-12(18(16)20)13-7-9-17(25-2)19(23)21(13)24/h3-10H,1-2H3/q+1. The van der Waals surface area contributed by atoms with Crippen molar-refractivity contribution in [2.45, 2.75) is 0 Å². The van der Waals surface area contributed by atoms with Gasteiger partial charge in [-0.15, -0.1) is 0 Å². The Hall–Kier alpha value is -3.21. The van der Waals surface area contributed by atoms with Gasteiger partial charge in [-0.05, 0) is 36.4 Å². The number of halogens is 2. The number of aromatic nitrogens is 1. The van der Waals surface area contributed by atoms with Crippen LogP contribution in [0.2, 0.25) is 0 Å². The highest BCUT2D eigenvalue weighted by Gasteiger charge is 2.32. The van der Waals surface area contributed by atoms with Gasteiger partial charge in [0.15, 0.2) is 5.75 Å². The molecule has 0 atom stereocenters. The fraction of sp³-hybridized carbons (Fsp3) is 0.0952. The van der Waals surface area contributed by atoms with Crippen LogP contribution in [0.25, 0.3) is 32.9 Å². The zero-order valence-corrected chi connectivity index (χ0v) is 14.1. The summed E-state index contributed by atoms with van der Waals surface area (Å²) >= 11 is 0. The van der Waals surface area contributed by atoms with E-state index in [9.17, 15) is 4.39 Å². The number of fused-ring (bicyclic) bond motifs is 4. The van der Waals surface area contributed by atoms with Crippen LogP contribution in [0.15, 0.2) is 48.5 Å². The zero-order valence-electron chi connectivity index (χ0n) is 14.1. The minimum absolute atomic E-state index is 0.169. The first-order valence-corrected chi connectivity index (χ1v) is 8.19. The molecule has 0 N–H and O–H groups in total. The number of pyridine rings is 1. The number of hydrogen-bond donors (Lipinski definition) is 0. The van der Waals surface area contributed by atoms with Crippen molar-refractivity contribution in [2.24, 2.45) is 7.05 Å². The summed E-state index contributed by atoms with van der Waals surface area (Å²) in [5.41, 5.74) is 1.72. The quantitative estimate of drug-likeness (QED) is 0.318. The van der Waals surface area contributed by atoms with E-state index in [0.717, 1.165) is 21.9 Å². The first-order valence-electron chi connectivity index (χ1n) is 8.19. The average molecular weight is 350 g/mol. The lowest BCUT2D eigenvalue weighted by molar-refractivity contribution is -0.633. The molecule has 5 heteroatoms. The number of hydrogen-bond acceptors (Lipinski definition) is 2. The minimum Gasteiger partial charge on any atom is -0.493 e. The van der Waals surface area contributed by atoms with E-state index in [1.807, 2.05) is 24.3 Å². The number of rotatable bonds is 1. The monoisotopic (exact) mass is 350 g/mol. The predicted octanol–water partition coefficient (Wildman–Crippen LogP) is 4.88. The zero-order chi connectivity index (χ0) is 18.0. The summed E-state index contributed by atoms with van der Waals surface area (Å²) in [7, 11) is 3.21. The van der Waals surface area contributed by atoms with E-state index in [2.05, 4.69) is 0 Å². The molecule has 128 valence electrons. The third-order valence-electron chi connectivity index (χ3n) is 4.94. The topological polar surface area (TPSA) is 22.3 Å². The van der Waals surface area contributed by atoms with E-state index in [1.165, 1.54) is 19.2 Å². The lowest BCUT2D eigenvalue weighted by Crippen LogP contribution is -2.34. The molecule has 0 amide bonds. The van der Waals surface area contributed by atoms with Crippen molar-refractivity contribution in [1.29, 1.82) is 0 Å². The van der Waals surface area contributed by atoms with Crippen molar-refractivity contribution in [3.05, 3.63) is 60.2 Å². The Morgan fingerprint density at radius 3 is 2.62 bits per heavy atom. The van der Waals surface area contributed by atoms with Gasteiger partial charge in [0.2, 0.25) is 11.5 Å². The van der Waals surface area contributed by atoms with Gasteiger partial charge in [0, 0.05) is 5.39 Å². The van der Waals surface area contributed by atoms with Crippen LogP contribution in [-0.2, 0) is 7.05 Å². The van der Waals surface area contributed by atoms with Gasteiger partial charge in [0.25, 0.3) is 5.52 Å². The molecule has 0 aliphatic carbocycles. The van der Waals surface area contributed by atoms with E-state index in [1.54, 1.807) is 23.7 Å². The molecule has 0 radical (unpaired) electrons. The SMILES string of the molecule is COc1ccc2c3cccc4c3c([n+](C)c2c1F)-c1cc(F)ccc1O4. The van der Waals surface area contributed by atoms with Crippen molar-refractivity contribution in [3.63, 3.8) is 0 Å². The smallest absolute Gasteiger partial charge is 0.253 e. The number of benzene rings is 3. The second-order valence-electron chi connectivity index (χ2n) is 6.31. The predicted molar refractivity (Wildman–Crippen MR) is 94.6 cm³/mol. The summed E-state index contributed by atoms with van der Waals surface area (Å²) in [6.07, 6.45) is 0. The van der Waals surface area contributed by atoms with Crippen molar-refractivity contribution in [1.82, 2.24) is 0 Å². The van der Waals surface area contributed by atoms with E-state index in [0.29, 0.717) is 22.6 Å². The molecule has 0 fully saturated rings. The van der Waals surface area contributed by atoms with Crippen molar-refractivity contribution >= 4 is 21.7 Å². The largest absolute Gasteiger partial charge is 0.493 e. The molecular formula is C21H14F2NO2+. The first-order chi connectivity index (χ1) is 12.6. The Balaban J connectivity index is 2.07. The van der Waals surface area contributed by atoms with Crippen LogP contribution in [0.4, 0.5) is 8.78 Å². The van der Waals surface area contributed by atoms with Crippen molar-refractivity contribution in [2.75, 3.05) is 7.11 Å². The van der Waals surface area contributed by atoms with Gasteiger partial charge < -0.3 is 9.47 Å². The molecule has 3 aromatic carbocycles. The highest BCUT2D eigenvalue weighted by Crippen LogP contribution is 2.46. The number of aryl methyl sites for hydroxylation is 1. The molecule has 3 nitrogen and oxygen atoms in total. The van der Waals surface area contributed by atoms with E-state index >= 15 is 4.39 Å². The van der Waals surface area contributed by atoms with Crippen LogP contribution >= 0.6 is 0 Å². The van der Waals surface area contributed by atoms with Crippen molar-refractivity contribution < 1.29 is 22.8 Å². The molecule has 0 saturated heterocycles. The summed E-state index contributed by atoms with van der Waals surface area (Å²) < 4.78 is 41.9. The molecule has 0 spiro atoms. The minimum atomic E-state index is -0.444. The Morgan fingerprint density at radius 1 is 0.962 bits per heavy atom.